The second-order valence-electron chi connectivity index (χ2n) is 4.88. The third-order valence-corrected chi connectivity index (χ3v) is 2.90. The van der Waals surface area contributed by atoms with E-state index in [1.165, 1.54) is 38.5 Å². The molecule has 1 unspecified atom stereocenters. The standard InChI is InChI=1S/C16H28O/c1-4-6-8-9-11-13-16(14-15(3)17)12-10-7-5-2/h16H,4-10,12,14H2,1-3H3. The first-order valence-electron chi connectivity index (χ1n) is 7.18. The van der Waals surface area contributed by atoms with E-state index in [4.69, 9.17) is 0 Å². The Labute approximate surface area is 107 Å². The topological polar surface area (TPSA) is 17.1 Å². The molecular formula is C16H28O. The fourth-order valence-corrected chi connectivity index (χ4v) is 1.89. The van der Waals surface area contributed by atoms with Gasteiger partial charge in [-0.1, -0.05) is 51.9 Å². The van der Waals surface area contributed by atoms with Crippen molar-refractivity contribution in [3.8, 4) is 11.8 Å². The molecule has 0 aliphatic rings. The van der Waals surface area contributed by atoms with Crippen LogP contribution in [-0.4, -0.2) is 5.78 Å². The molecule has 0 heterocycles. The van der Waals surface area contributed by atoms with Gasteiger partial charge in [-0.3, -0.25) is 4.79 Å². The second kappa shape index (κ2) is 11.7. The van der Waals surface area contributed by atoms with E-state index in [9.17, 15) is 4.79 Å². The summed E-state index contributed by atoms with van der Waals surface area (Å²) in [6.07, 6.45) is 10.1. The Morgan fingerprint density at radius 1 is 1.06 bits per heavy atom. The van der Waals surface area contributed by atoms with E-state index in [0.717, 1.165) is 12.8 Å². The van der Waals surface area contributed by atoms with Gasteiger partial charge in [0.05, 0.1) is 0 Å². The number of carbonyl (C=O) groups excluding carboxylic acids is 1. The predicted octanol–water partition coefficient (Wildman–Crippen LogP) is 4.75. The smallest absolute Gasteiger partial charge is 0.131 e. The van der Waals surface area contributed by atoms with Gasteiger partial charge in [0, 0.05) is 18.8 Å². The highest BCUT2D eigenvalue weighted by Crippen LogP contribution is 2.13. The zero-order valence-electron chi connectivity index (χ0n) is 11.8. The SMILES string of the molecule is CCCCCC#CC(CCCCC)CC(C)=O. The number of hydrogen-bond acceptors (Lipinski definition) is 1. The third-order valence-electron chi connectivity index (χ3n) is 2.90. The molecule has 1 atom stereocenters. The minimum atomic E-state index is 0.273. The van der Waals surface area contributed by atoms with Gasteiger partial charge in [0.2, 0.25) is 0 Å². The van der Waals surface area contributed by atoms with Crippen LogP contribution in [-0.2, 0) is 4.79 Å². The molecule has 1 heteroatoms. The van der Waals surface area contributed by atoms with Crippen molar-refractivity contribution in [3.05, 3.63) is 0 Å². The lowest BCUT2D eigenvalue weighted by Gasteiger charge is -2.07. The Bertz CT molecular complexity index is 244. The van der Waals surface area contributed by atoms with Crippen molar-refractivity contribution >= 4 is 5.78 Å². The van der Waals surface area contributed by atoms with Crippen LogP contribution in [0.5, 0.6) is 0 Å². The molecule has 0 aromatic carbocycles. The van der Waals surface area contributed by atoms with Crippen LogP contribution in [0, 0.1) is 17.8 Å². The van der Waals surface area contributed by atoms with E-state index in [2.05, 4.69) is 25.7 Å². The van der Waals surface area contributed by atoms with Crippen molar-refractivity contribution in [2.75, 3.05) is 0 Å². The fourth-order valence-electron chi connectivity index (χ4n) is 1.89. The Morgan fingerprint density at radius 2 is 1.71 bits per heavy atom. The molecule has 0 bridgehead atoms. The molecule has 0 saturated heterocycles. The van der Waals surface area contributed by atoms with Gasteiger partial charge < -0.3 is 0 Å². The number of ketones is 1. The summed E-state index contributed by atoms with van der Waals surface area (Å²) in [7, 11) is 0. The average Bonchev–Trinajstić information content (AvgIpc) is 2.28. The van der Waals surface area contributed by atoms with E-state index < -0.39 is 0 Å². The van der Waals surface area contributed by atoms with E-state index in [0.29, 0.717) is 12.3 Å². The lowest BCUT2D eigenvalue weighted by atomic mass is 9.96. The third kappa shape index (κ3) is 11.5. The molecule has 0 aromatic heterocycles. The van der Waals surface area contributed by atoms with Gasteiger partial charge in [0.15, 0.2) is 0 Å². The molecule has 17 heavy (non-hydrogen) atoms. The van der Waals surface area contributed by atoms with Gasteiger partial charge in [-0.2, -0.15) is 0 Å². The molecule has 1 nitrogen and oxygen atoms in total. The summed E-state index contributed by atoms with van der Waals surface area (Å²) in [6, 6.07) is 0. The molecular weight excluding hydrogens is 208 g/mol. The number of carbonyl (C=O) groups is 1. The van der Waals surface area contributed by atoms with Crippen molar-refractivity contribution in [1.29, 1.82) is 0 Å². The van der Waals surface area contributed by atoms with Crippen LogP contribution in [0.3, 0.4) is 0 Å². The Morgan fingerprint density at radius 3 is 2.29 bits per heavy atom. The maximum Gasteiger partial charge on any atom is 0.131 e. The summed E-state index contributed by atoms with van der Waals surface area (Å²) in [5, 5.41) is 0. The minimum Gasteiger partial charge on any atom is -0.300 e. The van der Waals surface area contributed by atoms with Crippen LogP contribution < -0.4 is 0 Å². The first kappa shape index (κ1) is 16.2. The Balaban J connectivity index is 3.94. The number of Topliss-reactive ketones (excluding diaryl/α,β-unsaturated/α-hetero) is 1. The van der Waals surface area contributed by atoms with Crippen LogP contribution >= 0.6 is 0 Å². The predicted molar refractivity (Wildman–Crippen MR) is 74.8 cm³/mol. The fraction of sp³-hybridized carbons (Fsp3) is 0.812. The van der Waals surface area contributed by atoms with Crippen molar-refractivity contribution in [2.24, 2.45) is 5.92 Å². The van der Waals surface area contributed by atoms with Crippen molar-refractivity contribution in [1.82, 2.24) is 0 Å². The lowest BCUT2D eigenvalue weighted by molar-refractivity contribution is -0.117. The van der Waals surface area contributed by atoms with E-state index >= 15 is 0 Å². The van der Waals surface area contributed by atoms with Crippen LogP contribution in [0.1, 0.15) is 78.6 Å². The zero-order chi connectivity index (χ0) is 12.9. The highest BCUT2D eigenvalue weighted by Gasteiger charge is 2.07. The molecule has 0 fully saturated rings. The largest absolute Gasteiger partial charge is 0.300 e. The summed E-state index contributed by atoms with van der Waals surface area (Å²) < 4.78 is 0. The summed E-state index contributed by atoms with van der Waals surface area (Å²) >= 11 is 0. The number of rotatable bonds is 9. The molecule has 0 radical (unpaired) electrons. The maximum atomic E-state index is 11.2. The first-order valence-corrected chi connectivity index (χ1v) is 7.18. The zero-order valence-corrected chi connectivity index (χ0v) is 11.8. The highest BCUT2D eigenvalue weighted by atomic mass is 16.1. The van der Waals surface area contributed by atoms with Crippen LogP contribution in [0.4, 0.5) is 0 Å². The lowest BCUT2D eigenvalue weighted by Crippen LogP contribution is -2.03. The highest BCUT2D eigenvalue weighted by molar-refractivity contribution is 5.76. The minimum absolute atomic E-state index is 0.273. The van der Waals surface area contributed by atoms with Crippen molar-refractivity contribution in [2.45, 2.75) is 78.6 Å². The number of unbranched alkanes of at least 4 members (excludes halogenated alkanes) is 5. The van der Waals surface area contributed by atoms with Crippen molar-refractivity contribution in [3.63, 3.8) is 0 Å². The maximum absolute atomic E-state index is 11.2. The molecule has 0 N–H and O–H groups in total. The summed E-state index contributed by atoms with van der Waals surface area (Å²) in [6.45, 7) is 6.08. The van der Waals surface area contributed by atoms with Gasteiger partial charge in [-0.05, 0) is 19.8 Å². The summed E-state index contributed by atoms with van der Waals surface area (Å²) in [5.41, 5.74) is 0. The van der Waals surface area contributed by atoms with E-state index in [1.54, 1.807) is 6.92 Å². The van der Waals surface area contributed by atoms with E-state index in [1.807, 2.05) is 0 Å². The van der Waals surface area contributed by atoms with E-state index in [-0.39, 0.29) is 5.78 Å². The van der Waals surface area contributed by atoms with Crippen LogP contribution in [0.25, 0.3) is 0 Å². The quantitative estimate of drug-likeness (QED) is 0.417. The molecule has 0 aliphatic carbocycles. The Hall–Kier alpha value is -0.770. The van der Waals surface area contributed by atoms with Crippen LogP contribution in [0.15, 0.2) is 0 Å². The Kier molecular flexibility index (Phi) is 11.2. The average molecular weight is 236 g/mol. The van der Waals surface area contributed by atoms with Gasteiger partial charge >= 0.3 is 0 Å². The summed E-state index contributed by atoms with van der Waals surface area (Å²) in [4.78, 5) is 11.2. The normalized spacial score (nSPS) is 11.7. The molecule has 0 rings (SSSR count). The van der Waals surface area contributed by atoms with Gasteiger partial charge in [0.1, 0.15) is 5.78 Å². The van der Waals surface area contributed by atoms with Crippen LogP contribution in [0.2, 0.25) is 0 Å². The molecule has 98 valence electrons. The molecule has 0 aromatic rings. The molecule has 0 aliphatic heterocycles. The van der Waals surface area contributed by atoms with Gasteiger partial charge in [0.25, 0.3) is 0 Å². The first-order chi connectivity index (χ1) is 8.20. The second-order valence-corrected chi connectivity index (χ2v) is 4.88. The van der Waals surface area contributed by atoms with Gasteiger partial charge in [-0.25, -0.2) is 0 Å². The summed E-state index contributed by atoms with van der Waals surface area (Å²) in [5.74, 6) is 7.13. The van der Waals surface area contributed by atoms with Crippen molar-refractivity contribution < 1.29 is 4.79 Å². The molecule has 0 saturated carbocycles. The monoisotopic (exact) mass is 236 g/mol. The van der Waals surface area contributed by atoms with Gasteiger partial charge in [-0.15, -0.1) is 5.92 Å². The molecule has 0 spiro atoms. The molecule has 0 amide bonds. The number of hydrogen-bond donors (Lipinski definition) is 0.